The van der Waals surface area contributed by atoms with Crippen molar-refractivity contribution < 1.29 is 4.42 Å². The molecule has 4 rings (SSSR count). The van der Waals surface area contributed by atoms with E-state index in [4.69, 9.17) is 4.42 Å². The van der Waals surface area contributed by atoms with Crippen molar-refractivity contribution in [3.05, 3.63) is 87.8 Å². The lowest BCUT2D eigenvalue weighted by molar-refractivity contribution is 0.404. The van der Waals surface area contributed by atoms with Crippen LogP contribution in [0, 0.1) is 6.92 Å². The zero-order chi connectivity index (χ0) is 19.5. The van der Waals surface area contributed by atoms with Gasteiger partial charge in [0.1, 0.15) is 5.65 Å². The lowest BCUT2D eigenvalue weighted by Crippen LogP contribution is -2.15. The van der Waals surface area contributed by atoms with E-state index >= 15 is 0 Å². The largest absolute Gasteiger partial charge is 0.416 e. The Hall–Kier alpha value is -2.93. The van der Waals surface area contributed by atoms with Crippen molar-refractivity contribution in [3.8, 4) is 0 Å². The maximum absolute atomic E-state index is 12.3. The molecule has 0 saturated carbocycles. The molecular formula is C21H20N4O2S. The minimum Gasteiger partial charge on any atom is -0.416 e. The molecule has 0 amide bonds. The van der Waals surface area contributed by atoms with Gasteiger partial charge in [0.2, 0.25) is 5.89 Å². The zero-order valence-electron chi connectivity index (χ0n) is 15.7. The Morgan fingerprint density at radius 2 is 1.96 bits per heavy atom. The normalized spacial score (nSPS) is 12.4. The SMILES string of the molecule is Cc1ccc2nc(CSc3nnc(C[C@H](C)c4ccccc4)o3)cc(=O)n2c1. The van der Waals surface area contributed by atoms with Crippen LogP contribution in [0.4, 0.5) is 0 Å². The average molecular weight is 392 g/mol. The molecule has 0 bridgehead atoms. The molecule has 6 nitrogen and oxygen atoms in total. The van der Waals surface area contributed by atoms with E-state index in [2.05, 4.69) is 34.2 Å². The summed E-state index contributed by atoms with van der Waals surface area (Å²) in [6.07, 6.45) is 2.48. The molecule has 0 aliphatic carbocycles. The third kappa shape index (κ3) is 4.14. The Morgan fingerprint density at radius 1 is 1.14 bits per heavy atom. The van der Waals surface area contributed by atoms with Crippen molar-refractivity contribution in [2.75, 3.05) is 0 Å². The van der Waals surface area contributed by atoms with E-state index in [1.165, 1.54) is 17.3 Å². The second-order valence-electron chi connectivity index (χ2n) is 6.79. The van der Waals surface area contributed by atoms with Crippen molar-refractivity contribution in [1.82, 2.24) is 19.6 Å². The number of hydrogen-bond donors (Lipinski definition) is 0. The number of fused-ring (bicyclic) bond motifs is 1. The second kappa shape index (κ2) is 7.98. The monoisotopic (exact) mass is 392 g/mol. The van der Waals surface area contributed by atoms with Gasteiger partial charge in [0.15, 0.2) is 0 Å². The standard InChI is InChI=1S/C21H20N4O2S/c1-14-8-9-18-22-17(11-20(26)25(18)12-14)13-28-21-24-23-19(27-21)10-15(2)16-6-4-3-5-7-16/h3-9,11-12,15H,10,13H2,1-2H3/t15-/m0/s1. The van der Waals surface area contributed by atoms with Crippen LogP contribution < -0.4 is 5.56 Å². The molecule has 1 atom stereocenters. The Kier molecular flexibility index (Phi) is 5.25. The molecule has 4 aromatic rings. The lowest BCUT2D eigenvalue weighted by Gasteiger charge is -2.08. The lowest BCUT2D eigenvalue weighted by atomic mass is 9.98. The van der Waals surface area contributed by atoms with Gasteiger partial charge < -0.3 is 4.42 Å². The van der Waals surface area contributed by atoms with Crippen LogP contribution in [0.3, 0.4) is 0 Å². The number of pyridine rings is 1. The summed E-state index contributed by atoms with van der Waals surface area (Å²) in [7, 11) is 0. The fourth-order valence-corrected chi connectivity index (χ4v) is 3.68. The van der Waals surface area contributed by atoms with Gasteiger partial charge in [0.25, 0.3) is 10.8 Å². The van der Waals surface area contributed by atoms with Crippen LogP contribution in [0.25, 0.3) is 5.65 Å². The fourth-order valence-electron chi connectivity index (χ4n) is 3.01. The zero-order valence-corrected chi connectivity index (χ0v) is 16.5. The first-order valence-corrected chi connectivity index (χ1v) is 10.1. The number of thioether (sulfide) groups is 1. The van der Waals surface area contributed by atoms with Gasteiger partial charge in [-0.15, -0.1) is 10.2 Å². The van der Waals surface area contributed by atoms with Gasteiger partial charge in [-0.3, -0.25) is 9.20 Å². The Bertz CT molecular complexity index is 1150. The topological polar surface area (TPSA) is 73.3 Å². The van der Waals surface area contributed by atoms with Crippen molar-refractivity contribution in [3.63, 3.8) is 0 Å². The molecular weight excluding hydrogens is 372 g/mol. The summed E-state index contributed by atoms with van der Waals surface area (Å²) in [5.41, 5.74) is 3.49. The summed E-state index contributed by atoms with van der Waals surface area (Å²) in [5, 5.41) is 8.74. The molecule has 0 radical (unpaired) electrons. The first kappa shape index (κ1) is 18.4. The molecule has 0 aliphatic heterocycles. The average Bonchev–Trinajstić information content (AvgIpc) is 3.15. The summed E-state index contributed by atoms with van der Waals surface area (Å²) >= 11 is 1.39. The third-order valence-electron chi connectivity index (χ3n) is 4.50. The van der Waals surface area contributed by atoms with Crippen LogP contribution in [0.15, 0.2) is 69.2 Å². The van der Waals surface area contributed by atoms with Gasteiger partial charge in [-0.2, -0.15) is 0 Å². The highest BCUT2D eigenvalue weighted by Gasteiger charge is 2.13. The highest BCUT2D eigenvalue weighted by molar-refractivity contribution is 7.98. The minimum absolute atomic E-state index is 0.0906. The highest BCUT2D eigenvalue weighted by atomic mass is 32.2. The number of hydrogen-bond acceptors (Lipinski definition) is 6. The second-order valence-corrected chi connectivity index (χ2v) is 7.71. The van der Waals surface area contributed by atoms with E-state index in [0.29, 0.717) is 40.5 Å². The molecule has 7 heteroatoms. The van der Waals surface area contributed by atoms with Gasteiger partial charge >= 0.3 is 0 Å². The van der Waals surface area contributed by atoms with E-state index in [-0.39, 0.29) is 5.56 Å². The summed E-state index contributed by atoms with van der Waals surface area (Å²) < 4.78 is 7.32. The van der Waals surface area contributed by atoms with Crippen molar-refractivity contribution in [2.45, 2.75) is 37.2 Å². The van der Waals surface area contributed by atoms with Gasteiger partial charge in [-0.05, 0) is 30.0 Å². The summed E-state index contributed by atoms with van der Waals surface area (Å²) in [5.74, 6) is 1.40. The van der Waals surface area contributed by atoms with E-state index in [9.17, 15) is 4.79 Å². The van der Waals surface area contributed by atoms with E-state index in [1.807, 2.05) is 37.3 Å². The smallest absolute Gasteiger partial charge is 0.276 e. The van der Waals surface area contributed by atoms with Gasteiger partial charge in [-0.25, -0.2) is 4.98 Å². The summed E-state index contributed by atoms with van der Waals surface area (Å²) in [4.78, 5) is 16.8. The van der Waals surface area contributed by atoms with Gasteiger partial charge in [-0.1, -0.05) is 55.1 Å². The molecule has 0 saturated heterocycles. The van der Waals surface area contributed by atoms with Crippen LogP contribution in [-0.2, 0) is 12.2 Å². The Labute approximate surface area is 166 Å². The molecule has 0 fully saturated rings. The van der Waals surface area contributed by atoms with Crippen molar-refractivity contribution >= 4 is 17.4 Å². The van der Waals surface area contributed by atoms with E-state index in [1.54, 1.807) is 16.7 Å². The first-order valence-electron chi connectivity index (χ1n) is 9.07. The van der Waals surface area contributed by atoms with Crippen molar-refractivity contribution in [1.29, 1.82) is 0 Å². The quantitative estimate of drug-likeness (QED) is 0.461. The molecule has 0 spiro atoms. The van der Waals surface area contributed by atoms with Crippen LogP contribution in [0.5, 0.6) is 0 Å². The molecule has 0 aliphatic rings. The number of rotatable bonds is 6. The molecule has 3 aromatic heterocycles. The first-order chi connectivity index (χ1) is 13.6. The number of benzene rings is 1. The maximum atomic E-state index is 12.3. The maximum Gasteiger partial charge on any atom is 0.276 e. The molecule has 1 aromatic carbocycles. The predicted molar refractivity (Wildman–Crippen MR) is 109 cm³/mol. The highest BCUT2D eigenvalue weighted by Crippen LogP contribution is 2.24. The van der Waals surface area contributed by atoms with Gasteiger partial charge in [0, 0.05) is 24.4 Å². The third-order valence-corrected chi connectivity index (χ3v) is 5.35. The number of aromatic nitrogens is 4. The Morgan fingerprint density at radius 3 is 2.79 bits per heavy atom. The fraction of sp³-hybridized carbons (Fsp3) is 0.238. The van der Waals surface area contributed by atoms with Crippen molar-refractivity contribution in [2.24, 2.45) is 0 Å². The number of aryl methyl sites for hydroxylation is 1. The molecule has 3 heterocycles. The van der Waals surface area contributed by atoms with Crippen LogP contribution >= 0.6 is 11.8 Å². The summed E-state index contributed by atoms with van der Waals surface area (Å²) in [6.45, 7) is 4.09. The summed E-state index contributed by atoms with van der Waals surface area (Å²) in [6, 6.07) is 15.6. The number of nitrogens with zero attached hydrogens (tertiary/aromatic N) is 4. The van der Waals surface area contributed by atoms with Crippen LogP contribution in [-0.4, -0.2) is 19.6 Å². The predicted octanol–water partition coefficient (Wildman–Crippen LogP) is 4.02. The van der Waals surface area contributed by atoms with E-state index < -0.39 is 0 Å². The minimum atomic E-state index is -0.0906. The van der Waals surface area contributed by atoms with Gasteiger partial charge in [0.05, 0.1) is 5.69 Å². The Balaban J connectivity index is 1.43. The molecule has 0 N–H and O–H groups in total. The van der Waals surface area contributed by atoms with Crippen LogP contribution in [0.1, 0.15) is 35.6 Å². The van der Waals surface area contributed by atoms with Crippen LogP contribution in [0.2, 0.25) is 0 Å². The molecule has 28 heavy (non-hydrogen) atoms. The van der Waals surface area contributed by atoms with E-state index in [0.717, 1.165) is 5.56 Å². The molecule has 142 valence electrons. The molecule has 0 unspecified atom stereocenters.